The molecule has 1 aromatic heterocycles. The molecule has 1 N–H and O–H groups in total. The van der Waals surface area contributed by atoms with Crippen LogP contribution in [0.25, 0.3) is 0 Å². The number of nitrogens with one attached hydrogen (secondary N) is 1. The standard InChI is InChI=1S/C6H9NOS/c1-7-5-8-6-3-2-4-9-6/h2-4,7H,5H2,1H3. The van der Waals surface area contributed by atoms with Crippen molar-refractivity contribution in [2.45, 2.75) is 0 Å². The summed E-state index contributed by atoms with van der Waals surface area (Å²) >= 11 is 1.60. The van der Waals surface area contributed by atoms with Gasteiger partial charge in [-0.25, -0.2) is 0 Å². The Bertz CT molecular complexity index is 150. The molecule has 1 heterocycles. The molecule has 0 fully saturated rings. The first kappa shape index (κ1) is 6.58. The summed E-state index contributed by atoms with van der Waals surface area (Å²) in [6, 6.07) is 3.91. The summed E-state index contributed by atoms with van der Waals surface area (Å²) < 4.78 is 5.20. The molecule has 0 radical (unpaired) electrons. The van der Waals surface area contributed by atoms with Crippen LogP contribution >= 0.6 is 11.3 Å². The number of hydrogen-bond donors (Lipinski definition) is 1. The van der Waals surface area contributed by atoms with E-state index in [1.54, 1.807) is 11.3 Å². The summed E-state index contributed by atoms with van der Waals surface area (Å²) in [6.45, 7) is 0.584. The molecule has 0 bridgehead atoms. The van der Waals surface area contributed by atoms with Crippen LogP contribution < -0.4 is 10.1 Å². The Hall–Kier alpha value is -0.540. The summed E-state index contributed by atoms with van der Waals surface area (Å²) in [6.07, 6.45) is 0. The van der Waals surface area contributed by atoms with E-state index < -0.39 is 0 Å². The normalized spacial score (nSPS) is 9.44. The van der Waals surface area contributed by atoms with Gasteiger partial charge in [0.15, 0.2) is 5.06 Å². The Morgan fingerprint density at radius 1 is 1.78 bits per heavy atom. The Morgan fingerprint density at radius 2 is 2.67 bits per heavy atom. The van der Waals surface area contributed by atoms with Crippen molar-refractivity contribution in [3.05, 3.63) is 17.5 Å². The van der Waals surface area contributed by atoms with Crippen LogP contribution in [0.3, 0.4) is 0 Å². The van der Waals surface area contributed by atoms with Crippen LogP contribution in [0.15, 0.2) is 17.5 Å². The van der Waals surface area contributed by atoms with Gasteiger partial charge >= 0.3 is 0 Å². The van der Waals surface area contributed by atoms with Gasteiger partial charge in [-0.15, -0.1) is 11.3 Å². The largest absolute Gasteiger partial charge is 0.469 e. The average molecular weight is 143 g/mol. The lowest BCUT2D eigenvalue weighted by Crippen LogP contribution is -2.13. The Kier molecular flexibility index (Phi) is 2.54. The molecule has 50 valence electrons. The molecule has 0 saturated carbocycles. The highest BCUT2D eigenvalue weighted by Crippen LogP contribution is 2.17. The van der Waals surface area contributed by atoms with Crippen LogP contribution in [0.2, 0.25) is 0 Å². The van der Waals surface area contributed by atoms with Crippen LogP contribution in [0.5, 0.6) is 5.06 Å². The molecular formula is C6H9NOS. The minimum absolute atomic E-state index is 0.584. The van der Waals surface area contributed by atoms with Crippen molar-refractivity contribution >= 4 is 11.3 Å². The lowest BCUT2D eigenvalue weighted by Gasteiger charge is -1.98. The van der Waals surface area contributed by atoms with Crippen molar-refractivity contribution in [1.82, 2.24) is 5.32 Å². The predicted octanol–water partition coefficient (Wildman–Crippen LogP) is 1.30. The molecule has 1 rings (SSSR count). The molecule has 0 aliphatic rings. The minimum atomic E-state index is 0.584. The molecule has 3 heteroatoms. The van der Waals surface area contributed by atoms with E-state index in [2.05, 4.69) is 5.32 Å². The fourth-order valence-electron chi connectivity index (χ4n) is 0.489. The van der Waals surface area contributed by atoms with E-state index in [9.17, 15) is 0 Å². The Labute approximate surface area is 58.5 Å². The van der Waals surface area contributed by atoms with Crippen molar-refractivity contribution in [3.8, 4) is 5.06 Å². The number of hydrogen-bond acceptors (Lipinski definition) is 3. The maximum atomic E-state index is 5.20. The topological polar surface area (TPSA) is 21.3 Å². The summed E-state index contributed by atoms with van der Waals surface area (Å²) in [7, 11) is 1.85. The van der Waals surface area contributed by atoms with Gasteiger partial charge in [0.2, 0.25) is 0 Å². The molecule has 0 aliphatic heterocycles. The number of rotatable bonds is 3. The van der Waals surface area contributed by atoms with Crippen molar-refractivity contribution in [3.63, 3.8) is 0 Å². The quantitative estimate of drug-likeness (QED) is 0.644. The molecule has 0 aliphatic carbocycles. The van der Waals surface area contributed by atoms with Gasteiger partial charge < -0.3 is 4.74 Å². The van der Waals surface area contributed by atoms with Crippen molar-refractivity contribution in [2.24, 2.45) is 0 Å². The summed E-state index contributed by atoms with van der Waals surface area (Å²) in [5.74, 6) is 0. The van der Waals surface area contributed by atoms with E-state index in [4.69, 9.17) is 4.74 Å². The molecular weight excluding hydrogens is 134 g/mol. The smallest absolute Gasteiger partial charge is 0.175 e. The molecule has 0 aromatic carbocycles. The first-order valence-electron chi connectivity index (χ1n) is 2.74. The van der Waals surface area contributed by atoms with Gasteiger partial charge in [-0.05, 0) is 24.6 Å². The van der Waals surface area contributed by atoms with Gasteiger partial charge in [-0.1, -0.05) is 0 Å². The minimum Gasteiger partial charge on any atom is -0.469 e. The fraction of sp³-hybridized carbons (Fsp3) is 0.333. The SMILES string of the molecule is CNCOc1cccs1. The van der Waals surface area contributed by atoms with Crippen LogP contribution in [-0.2, 0) is 0 Å². The second kappa shape index (κ2) is 3.48. The van der Waals surface area contributed by atoms with Gasteiger partial charge in [-0.2, -0.15) is 0 Å². The van der Waals surface area contributed by atoms with E-state index in [1.807, 2.05) is 24.6 Å². The zero-order valence-electron chi connectivity index (χ0n) is 5.26. The third-order valence-electron chi connectivity index (χ3n) is 0.854. The van der Waals surface area contributed by atoms with E-state index in [1.165, 1.54) is 0 Å². The summed E-state index contributed by atoms with van der Waals surface area (Å²) in [5.41, 5.74) is 0. The van der Waals surface area contributed by atoms with E-state index in [0.717, 1.165) is 5.06 Å². The molecule has 0 atom stereocenters. The third kappa shape index (κ3) is 2.03. The highest BCUT2D eigenvalue weighted by atomic mass is 32.1. The first-order chi connectivity index (χ1) is 4.43. The molecule has 0 unspecified atom stereocenters. The third-order valence-corrected chi connectivity index (χ3v) is 1.63. The number of thiophene rings is 1. The average Bonchev–Trinajstić information content (AvgIpc) is 2.34. The first-order valence-corrected chi connectivity index (χ1v) is 3.62. The predicted molar refractivity (Wildman–Crippen MR) is 38.9 cm³/mol. The molecule has 9 heavy (non-hydrogen) atoms. The van der Waals surface area contributed by atoms with Gasteiger partial charge in [0, 0.05) is 0 Å². The fourth-order valence-corrected chi connectivity index (χ4v) is 1.06. The van der Waals surface area contributed by atoms with Crippen molar-refractivity contribution in [1.29, 1.82) is 0 Å². The maximum absolute atomic E-state index is 5.20. The lowest BCUT2D eigenvalue weighted by molar-refractivity contribution is 0.304. The highest BCUT2D eigenvalue weighted by Gasteiger charge is 1.88. The number of ether oxygens (including phenoxy) is 1. The van der Waals surface area contributed by atoms with Crippen LogP contribution in [0.4, 0.5) is 0 Å². The molecule has 0 spiro atoms. The lowest BCUT2D eigenvalue weighted by atomic mass is 10.7. The van der Waals surface area contributed by atoms with Crippen LogP contribution in [-0.4, -0.2) is 13.8 Å². The van der Waals surface area contributed by atoms with Gasteiger partial charge in [0.05, 0.1) is 0 Å². The van der Waals surface area contributed by atoms with E-state index in [-0.39, 0.29) is 0 Å². The Morgan fingerprint density at radius 3 is 3.22 bits per heavy atom. The van der Waals surface area contributed by atoms with E-state index in [0.29, 0.717) is 6.73 Å². The Balaban J connectivity index is 2.30. The van der Waals surface area contributed by atoms with Crippen molar-refractivity contribution < 1.29 is 4.74 Å². The zero-order valence-corrected chi connectivity index (χ0v) is 6.07. The monoisotopic (exact) mass is 143 g/mol. The molecule has 1 aromatic rings. The van der Waals surface area contributed by atoms with Gasteiger partial charge in [-0.3, -0.25) is 5.32 Å². The van der Waals surface area contributed by atoms with Gasteiger partial charge in [0.1, 0.15) is 6.73 Å². The van der Waals surface area contributed by atoms with Crippen LogP contribution in [0.1, 0.15) is 0 Å². The summed E-state index contributed by atoms with van der Waals surface area (Å²) in [4.78, 5) is 0. The van der Waals surface area contributed by atoms with Crippen LogP contribution in [0, 0.1) is 0 Å². The van der Waals surface area contributed by atoms with Crippen molar-refractivity contribution in [2.75, 3.05) is 13.8 Å². The molecule has 2 nitrogen and oxygen atoms in total. The second-order valence-corrected chi connectivity index (χ2v) is 2.48. The van der Waals surface area contributed by atoms with E-state index >= 15 is 0 Å². The second-order valence-electron chi connectivity index (χ2n) is 1.57. The summed E-state index contributed by atoms with van der Waals surface area (Å²) in [5, 5.41) is 5.84. The highest BCUT2D eigenvalue weighted by molar-refractivity contribution is 7.11. The molecule has 0 amide bonds. The molecule has 0 saturated heterocycles. The maximum Gasteiger partial charge on any atom is 0.175 e. The van der Waals surface area contributed by atoms with Gasteiger partial charge in [0.25, 0.3) is 0 Å². The zero-order chi connectivity index (χ0) is 6.53.